The highest BCUT2D eigenvalue weighted by molar-refractivity contribution is 6.36. The Balaban J connectivity index is 0.000000361. The molecule has 0 aromatic heterocycles. The van der Waals surface area contributed by atoms with E-state index < -0.39 is 9.53 Å². The van der Waals surface area contributed by atoms with E-state index in [1.807, 2.05) is 26.8 Å². The lowest BCUT2D eigenvalue weighted by atomic mass is 10.1. The molecule has 5 heteroatoms. The van der Waals surface area contributed by atoms with Crippen molar-refractivity contribution in [2.45, 2.75) is 33.6 Å². The molecular formula is C15H29NO3Si. The fourth-order valence-corrected chi connectivity index (χ4v) is 2.61. The molecule has 1 aromatic rings. The van der Waals surface area contributed by atoms with Gasteiger partial charge in [0.05, 0.1) is 0 Å². The average Bonchev–Trinajstić information content (AvgIpc) is 2.48. The van der Waals surface area contributed by atoms with Gasteiger partial charge in [-0.2, -0.15) is 0 Å². The van der Waals surface area contributed by atoms with Crippen molar-refractivity contribution < 1.29 is 13.3 Å². The largest absolute Gasteiger partial charge is 0.484 e. The van der Waals surface area contributed by atoms with Crippen LogP contribution in [0.3, 0.4) is 0 Å². The van der Waals surface area contributed by atoms with Gasteiger partial charge in [0.25, 0.3) is 0 Å². The second-order valence-corrected chi connectivity index (χ2v) is 5.61. The summed E-state index contributed by atoms with van der Waals surface area (Å²) in [5.41, 5.74) is 6.76. The van der Waals surface area contributed by atoms with Gasteiger partial charge in [-0.05, 0) is 45.7 Å². The zero-order valence-electron chi connectivity index (χ0n) is 13.0. The molecule has 0 fully saturated rings. The van der Waals surface area contributed by atoms with Crippen LogP contribution in [-0.4, -0.2) is 35.9 Å². The third-order valence-electron chi connectivity index (χ3n) is 2.42. The van der Waals surface area contributed by atoms with Crippen molar-refractivity contribution in [3.8, 4) is 0 Å². The van der Waals surface area contributed by atoms with Crippen molar-refractivity contribution in [1.29, 1.82) is 0 Å². The summed E-state index contributed by atoms with van der Waals surface area (Å²) in [5, 5.41) is 0. The number of hydrogen-bond donors (Lipinski definition) is 1. The lowest BCUT2D eigenvalue weighted by molar-refractivity contribution is 0.107. The Hall–Kier alpha value is -0.723. The Morgan fingerprint density at radius 1 is 0.900 bits per heavy atom. The van der Waals surface area contributed by atoms with Crippen LogP contribution < -0.4 is 5.73 Å². The van der Waals surface area contributed by atoms with Gasteiger partial charge < -0.3 is 19.0 Å². The lowest BCUT2D eigenvalue weighted by Gasteiger charge is -2.12. The molecule has 0 aliphatic heterocycles. The molecule has 0 aliphatic rings. The van der Waals surface area contributed by atoms with Crippen LogP contribution in [0.4, 0.5) is 0 Å². The molecule has 1 aromatic carbocycles. The molecule has 0 amide bonds. The van der Waals surface area contributed by atoms with E-state index >= 15 is 0 Å². The summed E-state index contributed by atoms with van der Waals surface area (Å²) in [5.74, 6) is 0. The number of rotatable bonds is 9. The summed E-state index contributed by atoms with van der Waals surface area (Å²) in [6.45, 7) is 8.65. The minimum atomic E-state index is -1.73. The normalized spacial score (nSPS) is 10.2. The Bertz CT molecular complexity index is 284. The Morgan fingerprint density at radius 3 is 1.80 bits per heavy atom. The second kappa shape index (κ2) is 14.7. The van der Waals surface area contributed by atoms with Gasteiger partial charge in [-0.15, -0.1) is 0 Å². The summed E-state index contributed by atoms with van der Waals surface area (Å²) in [6.07, 6.45) is 2.20. The summed E-state index contributed by atoms with van der Waals surface area (Å²) in [7, 11) is -1.73. The number of aryl methyl sites for hydroxylation is 1. The molecule has 0 atom stereocenters. The number of hydrogen-bond acceptors (Lipinski definition) is 4. The molecule has 0 bridgehead atoms. The number of nitrogens with two attached hydrogens (primary N) is 1. The molecular weight excluding hydrogens is 270 g/mol. The van der Waals surface area contributed by atoms with Gasteiger partial charge in [-0.3, -0.25) is 0 Å². The highest BCUT2D eigenvalue weighted by Crippen LogP contribution is 2.00. The molecule has 2 N–H and O–H groups in total. The molecule has 116 valence electrons. The van der Waals surface area contributed by atoms with Crippen molar-refractivity contribution >= 4 is 9.53 Å². The first-order valence-corrected chi connectivity index (χ1v) is 8.78. The van der Waals surface area contributed by atoms with Gasteiger partial charge >= 0.3 is 9.53 Å². The molecule has 1 rings (SSSR count). The van der Waals surface area contributed by atoms with Gasteiger partial charge in [0.2, 0.25) is 0 Å². The highest BCUT2D eigenvalue weighted by atomic mass is 28.3. The van der Waals surface area contributed by atoms with Gasteiger partial charge in [0.1, 0.15) is 0 Å². The zero-order valence-corrected chi connectivity index (χ0v) is 14.2. The molecule has 4 nitrogen and oxygen atoms in total. The van der Waals surface area contributed by atoms with Crippen LogP contribution in [0.25, 0.3) is 0 Å². The smallest absolute Gasteiger partial charge is 0.376 e. The Kier molecular flexibility index (Phi) is 14.2. The maximum absolute atomic E-state index is 5.38. The van der Waals surface area contributed by atoms with E-state index in [1.165, 1.54) is 5.56 Å². The van der Waals surface area contributed by atoms with Crippen LogP contribution in [-0.2, 0) is 19.7 Å². The molecule has 0 saturated carbocycles. The van der Waals surface area contributed by atoms with E-state index in [-0.39, 0.29) is 0 Å². The van der Waals surface area contributed by atoms with Crippen molar-refractivity contribution in [1.82, 2.24) is 0 Å². The van der Waals surface area contributed by atoms with Crippen LogP contribution in [0.2, 0.25) is 0 Å². The molecule has 0 spiro atoms. The van der Waals surface area contributed by atoms with Crippen molar-refractivity contribution in [3.63, 3.8) is 0 Å². The zero-order chi connectivity index (χ0) is 15.1. The quantitative estimate of drug-likeness (QED) is 0.711. The highest BCUT2D eigenvalue weighted by Gasteiger charge is 2.11. The van der Waals surface area contributed by atoms with Crippen molar-refractivity contribution in [3.05, 3.63) is 35.9 Å². The van der Waals surface area contributed by atoms with E-state index in [4.69, 9.17) is 19.0 Å². The Morgan fingerprint density at radius 2 is 1.40 bits per heavy atom. The monoisotopic (exact) mass is 299 g/mol. The van der Waals surface area contributed by atoms with Crippen LogP contribution in [0, 0.1) is 0 Å². The Labute approximate surface area is 125 Å². The van der Waals surface area contributed by atoms with Gasteiger partial charge in [0.15, 0.2) is 0 Å². The van der Waals surface area contributed by atoms with E-state index in [1.54, 1.807) is 0 Å². The minimum absolute atomic E-state index is 0.677. The van der Waals surface area contributed by atoms with Gasteiger partial charge in [-0.1, -0.05) is 30.3 Å². The molecule has 20 heavy (non-hydrogen) atoms. The maximum Gasteiger partial charge on any atom is 0.484 e. The maximum atomic E-state index is 5.38. The molecule has 0 unspecified atom stereocenters. The summed E-state index contributed by atoms with van der Waals surface area (Å²) >= 11 is 0. The second-order valence-electron chi connectivity index (χ2n) is 4.03. The third kappa shape index (κ3) is 11.1. The van der Waals surface area contributed by atoms with E-state index in [0.29, 0.717) is 19.8 Å². The third-order valence-corrected chi connectivity index (χ3v) is 4.24. The van der Waals surface area contributed by atoms with E-state index in [2.05, 4.69) is 24.3 Å². The van der Waals surface area contributed by atoms with E-state index in [9.17, 15) is 0 Å². The first kappa shape index (κ1) is 19.3. The SMILES string of the molecule is CCO[SiH](OCC)OCC.NCCCc1ccccc1. The first-order valence-electron chi connectivity index (χ1n) is 7.37. The summed E-state index contributed by atoms with van der Waals surface area (Å²) < 4.78 is 15.7. The fraction of sp³-hybridized carbons (Fsp3) is 0.600. The van der Waals surface area contributed by atoms with Gasteiger partial charge in [0, 0.05) is 19.8 Å². The van der Waals surface area contributed by atoms with Crippen molar-refractivity contribution in [2.75, 3.05) is 26.4 Å². The minimum Gasteiger partial charge on any atom is -0.376 e. The predicted octanol–water partition coefficient (Wildman–Crippen LogP) is 2.39. The van der Waals surface area contributed by atoms with Crippen molar-refractivity contribution in [2.24, 2.45) is 5.73 Å². The molecule has 0 saturated heterocycles. The lowest BCUT2D eigenvalue weighted by Crippen LogP contribution is -2.27. The fourth-order valence-electron chi connectivity index (χ4n) is 1.50. The molecule has 0 aliphatic carbocycles. The molecule has 0 radical (unpaired) electrons. The predicted molar refractivity (Wildman–Crippen MR) is 85.8 cm³/mol. The molecule has 0 heterocycles. The van der Waals surface area contributed by atoms with Gasteiger partial charge in [-0.25, -0.2) is 0 Å². The van der Waals surface area contributed by atoms with Crippen LogP contribution >= 0.6 is 0 Å². The van der Waals surface area contributed by atoms with Crippen LogP contribution in [0.15, 0.2) is 30.3 Å². The van der Waals surface area contributed by atoms with E-state index in [0.717, 1.165) is 19.4 Å². The van der Waals surface area contributed by atoms with Crippen LogP contribution in [0.5, 0.6) is 0 Å². The average molecular weight is 299 g/mol. The van der Waals surface area contributed by atoms with Crippen LogP contribution in [0.1, 0.15) is 32.8 Å². The summed E-state index contributed by atoms with van der Waals surface area (Å²) in [4.78, 5) is 0. The summed E-state index contributed by atoms with van der Waals surface area (Å²) in [6, 6.07) is 10.4. The topological polar surface area (TPSA) is 53.7 Å². The standard InChI is InChI=1S/C9H13N.C6H16O3Si/c10-8-4-7-9-5-2-1-3-6-9;1-4-7-10(8-5-2)9-6-3/h1-3,5-6H,4,7-8,10H2;10H,4-6H2,1-3H3. The first-order chi connectivity index (χ1) is 9.78. The number of benzene rings is 1.